The minimum absolute atomic E-state index is 0.222. The molecule has 0 aliphatic carbocycles. The topological polar surface area (TPSA) is 59.6 Å². The number of carbonyl (C=O) groups is 1. The van der Waals surface area contributed by atoms with Gasteiger partial charge in [-0.1, -0.05) is 6.42 Å². The zero-order chi connectivity index (χ0) is 15.8. The van der Waals surface area contributed by atoms with Crippen molar-refractivity contribution in [3.05, 3.63) is 23.8 Å². The zero-order valence-electron chi connectivity index (χ0n) is 12.9. The van der Waals surface area contributed by atoms with Gasteiger partial charge in [0.25, 0.3) is 5.91 Å². The summed E-state index contributed by atoms with van der Waals surface area (Å²) in [5.41, 5.74) is 0.291. The Balaban J connectivity index is 2.03. The molecule has 2 rings (SSSR count). The maximum absolute atomic E-state index is 12.5. The minimum atomic E-state index is -0.974. The van der Waals surface area contributed by atoms with Crippen LogP contribution in [0, 0.1) is 0 Å². The van der Waals surface area contributed by atoms with Gasteiger partial charge in [0, 0.05) is 12.6 Å². The summed E-state index contributed by atoms with van der Waals surface area (Å²) in [5, 5.41) is 6.24. The van der Waals surface area contributed by atoms with Crippen molar-refractivity contribution in [3.63, 3.8) is 0 Å². The first kappa shape index (κ1) is 16.5. The number of carbonyl (C=O) groups excluding carboxylic acids is 1. The zero-order valence-corrected chi connectivity index (χ0v) is 12.9. The number of hydrogen-bond donors (Lipinski definition) is 2. The number of alkyl halides is 1. The van der Waals surface area contributed by atoms with Crippen LogP contribution < -0.4 is 20.1 Å². The third kappa shape index (κ3) is 4.59. The molecule has 0 spiro atoms. The Morgan fingerprint density at radius 3 is 2.95 bits per heavy atom. The van der Waals surface area contributed by atoms with Crippen LogP contribution in [0.3, 0.4) is 0 Å². The first-order chi connectivity index (χ1) is 10.7. The summed E-state index contributed by atoms with van der Waals surface area (Å²) < 4.78 is 22.7. The smallest absolute Gasteiger partial charge is 0.255 e. The second kappa shape index (κ2) is 8.58. The summed E-state index contributed by atoms with van der Waals surface area (Å²) in [4.78, 5) is 12.3. The summed E-state index contributed by atoms with van der Waals surface area (Å²) in [7, 11) is 0. The average Bonchev–Trinajstić information content (AvgIpc) is 2.55. The quantitative estimate of drug-likeness (QED) is 0.811. The number of benzene rings is 1. The van der Waals surface area contributed by atoms with Crippen molar-refractivity contribution < 1.29 is 18.7 Å². The van der Waals surface area contributed by atoms with E-state index in [1.807, 2.05) is 6.92 Å². The maximum Gasteiger partial charge on any atom is 0.255 e. The van der Waals surface area contributed by atoms with E-state index < -0.39 is 6.86 Å². The maximum atomic E-state index is 12.5. The molecule has 0 saturated carbocycles. The lowest BCUT2D eigenvalue weighted by Gasteiger charge is -2.23. The third-order valence-electron chi connectivity index (χ3n) is 3.64. The van der Waals surface area contributed by atoms with Crippen LogP contribution in [0.25, 0.3) is 0 Å². The molecule has 1 aromatic carbocycles. The highest BCUT2D eigenvalue weighted by Crippen LogP contribution is 2.24. The SMILES string of the molecule is CCOc1ccc(OCF)c(C(=O)NCC2CCCCN2)c1. The van der Waals surface area contributed by atoms with E-state index >= 15 is 0 Å². The van der Waals surface area contributed by atoms with Crippen LogP contribution in [0.1, 0.15) is 36.5 Å². The highest BCUT2D eigenvalue weighted by Gasteiger charge is 2.17. The molecule has 22 heavy (non-hydrogen) atoms. The molecule has 1 aliphatic heterocycles. The van der Waals surface area contributed by atoms with Crippen molar-refractivity contribution in [1.82, 2.24) is 10.6 Å². The van der Waals surface area contributed by atoms with Crippen LogP contribution in [0.15, 0.2) is 18.2 Å². The third-order valence-corrected chi connectivity index (χ3v) is 3.64. The first-order valence-electron chi connectivity index (χ1n) is 7.71. The predicted molar refractivity (Wildman–Crippen MR) is 82.2 cm³/mol. The van der Waals surface area contributed by atoms with Crippen molar-refractivity contribution in [2.75, 3.05) is 26.6 Å². The Hall–Kier alpha value is -1.82. The van der Waals surface area contributed by atoms with Gasteiger partial charge in [0.2, 0.25) is 6.86 Å². The van der Waals surface area contributed by atoms with Gasteiger partial charge in [-0.25, -0.2) is 4.39 Å². The van der Waals surface area contributed by atoms with Crippen molar-refractivity contribution in [3.8, 4) is 11.5 Å². The molecule has 1 amide bonds. The lowest BCUT2D eigenvalue weighted by molar-refractivity contribution is 0.0940. The predicted octanol–water partition coefficient (Wildman–Crippen LogP) is 2.26. The molecule has 0 aromatic heterocycles. The highest BCUT2D eigenvalue weighted by molar-refractivity contribution is 5.97. The Kier molecular flexibility index (Phi) is 6.45. The Morgan fingerprint density at radius 1 is 1.41 bits per heavy atom. The lowest BCUT2D eigenvalue weighted by atomic mass is 10.0. The number of nitrogens with one attached hydrogen (secondary N) is 2. The van der Waals surface area contributed by atoms with E-state index in [0.717, 1.165) is 13.0 Å². The van der Waals surface area contributed by atoms with Crippen LogP contribution in [0.4, 0.5) is 4.39 Å². The molecule has 1 aliphatic rings. The monoisotopic (exact) mass is 310 g/mol. The minimum Gasteiger partial charge on any atom is -0.494 e. The van der Waals surface area contributed by atoms with Crippen molar-refractivity contribution in [1.29, 1.82) is 0 Å². The Labute approximate surface area is 130 Å². The van der Waals surface area contributed by atoms with E-state index in [4.69, 9.17) is 9.47 Å². The molecule has 1 aromatic rings. The fraction of sp³-hybridized carbons (Fsp3) is 0.562. The fourth-order valence-corrected chi connectivity index (χ4v) is 2.54. The van der Waals surface area contributed by atoms with Crippen molar-refractivity contribution in [2.24, 2.45) is 0 Å². The number of rotatable bonds is 7. The number of halogens is 1. The molecule has 122 valence electrons. The van der Waals surface area contributed by atoms with Crippen LogP contribution in [-0.4, -0.2) is 38.5 Å². The van der Waals surface area contributed by atoms with Gasteiger partial charge in [-0.3, -0.25) is 4.79 Å². The molecular formula is C16H23FN2O3. The fourth-order valence-electron chi connectivity index (χ4n) is 2.54. The summed E-state index contributed by atoms with van der Waals surface area (Å²) in [6.07, 6.45) is 3.39. The Bertz CT molecular complexity index is 490. The van der Waals surface area contributed by atoms with Crippen LogP contribution >= 0.6 is 0 Å². The molecule has 1 unspecified atom stereocenters. The highest BCUT2D eigenvalue weighted by atomic mass is 19.1. The lowest BCUT2D eigenvalue weighted by Crippen LogP contribution is -2.43. The molecule has 1 fully saturated rings. The number of ether oxygens (including phenoxy) is 2. The molecule has 0 bridgehead atoms. The van der Waals surface area contributed by atoms with Crippen LogP contribution in [0.5, 0.6) is 11.5 Å². The van der Waals surface area contributed by atoms with Gasteiger partial charge in [0.15, 0.2) is 0 Å². The summed E-state index contributed by atoms with van der Waals surface area (Å²) >= 11 is 0. The van der Waals surface area contributed by atoms with Gasteiger partial charge in [-0.2, -0.15) is 0 Å². The van der Waals surface area contributed by atoms with Crippen molar-refractivity contribution in [2.45, 2.75) is 32.2 Å². The van der Waals surface area contributed by atoms with Crippen LogP contribution in [0.2, 0.25) is 0 Å². The molecule has 1 atom stereocenters. The van der Waals surface area contributed by atoms with E-state index in [1.54, 1.807) is 18.2 Å². The first-order valence-corrected chi connectivity index (χ1v) is 7.71. The summed E-state index contributed by atoms with van der Waals surface area (Å²) in [6.45, 7) is 2.92. The van der Waals surface area contributed by atoms with Gasteiger partial charge in [-0.05, 0) is 44.5 Å². The van der Waals surface area contributed by atoms with Gasteiger partial charge in [-0.15, -0.1) is 0 Å². The molecule has 2 N–H and O–H groups in total. The summed E-state index contributed by atoms with van der Waals surface area (Å²) in [6, 6.07) is 5.09. The number of piperidine rings is 1. The van der Waals surface area contributed by atoms with Crippen LogP contribution in [-0.2, 0) is 0 Å². The average molecular weight is 310 g/mol. The molecular weight excluding hydrogens is 287 g/mol. The van der Waals surface area contributed by atoms with Gasteiger partial charge in [0.05, 0.1) is 12.2 Å². The van der Waals surface area contributed by atoms with E-state index in [-0.39, 0.29) is 11.7 Å². The Morgan fingerprint density at radius 2 is 2.27 bits per heavy atom. The number of hydrogen-bond acceptors (Lipinski definition) is 4. The van der Waals surface area contributed by atoms with Gasteiger partial charge < -0.3 is 20.1 Å². The van der Waals surface area contributed by atoms with Crippen molar-refractivity contribution >= 4 is 5.91 Å². The molecule has 5 nitrogen and oxygen atoms in total. The molecule has 0 radical (unpaired) electrons. The number of amides is 1. The van der Waals surface area contributed by atoms with Gasteiger partial charge in [0.1, 0.15) is 11.5 Å². The van der Waals surface area contributed by atoms with E-state index in [1.165, 1.54) is 12.8 Å². The summed E-state index contributed by atoms with van der Waals surface area (Å²) in [5.74, 6) is 0.507. The van der Waals surface area contributed by atoms with Gasteiger partial charge >= 0.3 is 0 Å². The molecule has 1 saturated heterocycles. The second-order valence-corrected chi connectivity index (χ2v) is 5.20. The largest absolute Gasteiger partial charge is 0.494 e. The van der Waals surface area contributed by atoms with E-state index in [9.17, 15) is 9.18 Å². The van der Waals surface area contributed by atoms with E-state index in [2.05, 4.69) is 10.6 Å². The normalized spacial score (nSPS) is 17.8. The van der Waals surface area contributed by atoms with E-state index in [0.29, 0.717) is 30.5 Å². The molecule has 1 heterocycles. The second-order valence-electron chi connectivity index (χ2n) is 5.20. The molecule has 6 heteroatoms. The standard InChI is InChI=1S/C16H23FN2O3/c1-2-21-13-6-7-15(22-11-17)14(9-13)16(20)19-10-12-5-3-4-8-18-12/h6-7,9,12,18H,2-5,8,10-11H2,1H3,(H,19,20).